The lowest BCUT2D eigenvalue weighted by Crippen LogP contribution is -2.24. The monoisotopic (exact) mass is 470 g/mol. The summed E-state index contributed by atoms with van der Waals surface area (Å²) in [7, 11) is -7.93. The van der Waals surface area contributed by atoms with E-state index in [4.69, 9.17) is 4.18 Å². The largest absolute Gasteiger partial charge is 0.383 e. The highest BCUT2D eigenvalue weighted by molar-refractivity contribution is 7.89. The second kappa shape index (κ2) is 9.02. The van der Waals surface area contributed by atoms with E-state index in [-0.39, 0.29) is 21.1 Å². The molecule has 1 aliphatic heterocycles. The molecule has 0 atom stereocenters. The predicted octanol–water partition coefficient (Wildman–Crippen LogP) is 4.15. The van der Waals surface area contributed by atoms with E-state index in [1.807, 2.05) is 6.07 Å². The molecule has 0 saturated heterocycles. The summed E-state index contributed by atoms with van der Waals surface area (Å²) in [5.74, 6) is -0.722. The smallest absolute Gasteiger partial charge is 0.339 e. The third-order valence-electron chi connectivity index (χ3n) is 4.96. The number of nitriles is 1. The van der Waals surface area contributed by atoms with Gasteiger partial charge in [0.2, 0.25) is 0 Å². The van der Waals surface area contributed by atoms with Gasteiger partial charge in [-0.1, -0.05) is 48.6 Å². The van der Waals surface area contributed by atoms with E-state index in [0.717, 1.165) is 4.31 Å². The van der Waals surface area contributed by atoms with Crippen LogP contribution in [-0.4, -0.2) is 21.1 Å². The van der Waals surface area contributed by atoms with Crippen LogP contribution in [0.15, 0.2) is 94.2 Å². The molecule has 2 aromatic carbocycles. The maximum atomic E-state index is 12.9. The Morgan fingerprint density at radius 3 is 1.91 bits per heavy atom. The van der Waals surface area contributed by atoms with Crippen LogP contribution in [0.4, 0.5) is 0 Å². The number of sulfonamides is 1. The van der Waals surface area contributed by atoms with Crippen LogP contribution < -0.4 is 0 Å². The van der Waals surface area contributed by atoms with E-state index in [0.29, 0.717) is 11.1 Å². The number of rotatable bonds is 6. The molecule has 0 unspecified atom stereocenters. The molecule has 0 bridgehead atoms. The van der Waals surface area contributed by atoms with Crippen molar-refractivity contribution in [1.82, 2.24) is 4.31 Å². The zero-order chi connectivity index (χ0) is 23.5. The summed E-state index contributed by atoms with van der Waals surface area (Å²) < 4.78 is 57.4. The maximum Gasteiger partial charge on any atom is 0.339 e. The van der Waals surface area contributed by atoms with Gasteiger partial charge in [-0.25, -0.2) is 12.7 Å². The van der Waals surface area contributed by atoms with Crippen molar-refractivity contribution in [3.63, 3.8) is 0 Å². The molecule has 0 fully saturated rings. The van der Waals surface area contributed by atoms with Gasteiger partial charge in [-0.2, -0.15) is 13.7 Å². The Hall–Kier alpha value is -3.35. The maximum absolute atomic E-state index is 12.9. The summed E-state index contributed by atoms with van der Waals surface area (Å²) in [5, 5.41) is 9.63. The fourth-order valence-electron chi connectivity index (χ4n) is 3.26. The lowest BCUT2D eigenvalue weighted by Gasteiger charge is -2.22. The molecule has 32 heavy (non-hydrogen) atoms. The molecule has 1 aliphatic rings. The van der Waals surface area contributed by atoms with Crippen LogP contribution in [0, 0.1) is 31.1 Å². The number of nitrogens with zero attached hydrogens (tertiary/aromatic N) is 2. The van der Waals surface area contributed by atoms with Crippen molar-refractivity contribution in [3.05, 3.63) is 95.5 Å². The van der Waals surface area contributed by atoms with Crippen molar-refractivity contribution in [2.45, 2.75) is 30.6 Å². The molecule has 166 valence electrons. The molecule has 0 N–H and O–H groups in total. The second-order valence-corrected chi connectivity index (χ2v) is 10.5. The first-order valence-electron chi connectivity index (χ1n) is 9.64. The van der Waals surface area contributed by atoms with Crippen LogP contribution in [0.5, 0.6) is 0 Å². The molecular formula is C23H22N2O5S2. The number of allylic oxidation sites excluding steroid dienone is 4. The van der Waals surface area contributed by atoms with Gasteiger partial charge in [-0.05, 0) is 44.0 Å². The Morgan fingerprint density at radius 1 is 0.906 bits per heavy atom. The van der Waals surface area contributed by atoms with Gasteiger partial charge in [0.1, 0.15) is 10.7 Å². The number of aryl methyl sites for hydroxylation is 2. The van der Waals surface area contributed by atoms with E-state index in [1.165, 1.54) is 43.6 Å². The molecule has 0 saturated carbocycles. The first-order chi connectivity index (χ1) is 15.1. The third kappa shape index (κ3) is 4.61. The molecule has 0 spiro atoms. The molecule has 0 radical (unpaired) electrons. The Labute approximate surface area is 188 Å². The first-order valence-corrected chi connectivity index (χ1v) is 12.5. The molecular weight excluding hydrogens is 448 g/mol. The minimum atomic E-state index is -4.12. The van der Waals surface area contributed by atoms with E-state index < -0.39 is 26.1 Å². The van der Waals surface area contributed by atoms with Gasteiger partial charge in [0.05, 0.1) is 16.5 Å². The molecule has 0 amide bonds. The van der Waals surface area contributed by atoms with Crippen LogP contribution in [0.3, 0.4) is 0 Å². The van der Waals surface area contributed by atoms with Crippen LogP contribution >= 0.6 is 0 Å². The number of hydrogen-bond acceptors (Lipinski definition) is 6. The standard InChI is InChI=1S/C23H22N2O5S2/c1-17-8-4-6-10-22(17)31(26,27)25-14-12-20(13-15-25)21(16-24)19(3)30-32(28,29)23-11-7-5-9-18(23)2/h4-15,20H,1-3H3/b21-19+. The van der Waals surface area contributed by atoms with Gasteiger partial charge in [0.25, 0.3) is 10.0 Å². The Kier molecular flexibility index (Phi) is 6.57. The Balaban J connectivity index is 1.86. The van der Waals surface area contributed by atoms with Gasteiger partial charge in [0, 0.05) is 18.3 Å². The number of hydrogen-bond donors (Lipinski definition) is 0. The van der Waals surface area contributed by atoms with Crippen LogP contribution in [0.1, 0.15) is 18.1 Å². The first kappa shape index (κ1) is 23.3. The SMILES string of the molecule is C/C(OS(=O)(=O)c1ccccc1C)=C(/C#N)C1C=CN(S(=O)(=O)c2ccccc2C)C=C1. The second-order valence-electron chi connectivity index (χ2n) is 7.19. The highest BCUT2D eigenvalue weighted by Gasteiger charge is 2.26. The lowest BCUT2D eigenvalue weighted by molar-refractivity contribution is 0.402. The molecule has 7 nitrogen and oxygen atoms in total. The van der Waals surface area contributed by atoms with Gasteiger partial charge in [-0.3, -0.25) is 0 Å². The normalized spacial score (nSPS) is 15.2. The van der Waals surface area contributed by atoms with E-state index in [1.54, 1.807) is 50.2 Å². The van der Waals surface area contributed by atoms with Gasteiger partial charge in [0.15, 0.2) is 0 Å². The molecule has 2 aromatic rings. The fourth-order valence-corrected chi connectivity index (χ4v) is 5.89. The van der Waals surface area contributed by atoms with Crippen molar-refractivity contribution in [2.75, 3.05) is 0 Å². The summed E-state index contributed by atoms with van der Waals surface area (Å²) in [4.78, 5) is 0.189. The van der Waals surface area contributed by atoms with Gasteiger partial charge >= 0.3 is 10.1 Å². The zero-order valence-corrected chi connectivity index (χ0v) is 19.4. The summed E-state index contributed by atoms with van der Waals surface area (Å²) in [6, 6.07) is 15.0. The fraction of sp³-hybridized carbons (Fsp3) is 0.174. The summed E-state index contributed by atoms with van der Waals surface area (Å²) in [6.07, 6.45) is 5.68. The van der Waals surface area contributed by atoms with Crippen LogP contribution in [0.25, 0.3) is 0 Å². The van der Waals surface area contributed by atoms with E-state index >= 15 is 0 Å². The summed E-state index contributed by atoms with van der Waals surface area (Å²) >= 11 is 0. The quantitative estimate of drug-likeness (QED) is 0.357. The molecule has 3 rings (SSSR count). The molecule has 9 heteroatoms. The van der Waals surface area contributed by atoms with Gasteiger partial charge in [-0.15, -0.1) is 0 Å². The van der Waals surface area contributed by atoms with E-state index in [9.17, 15) is 22.1 Å². The minimum Gasteiger partial charge on any atom is -0.383 e. The highest BCUT2D eigenvalue weighted by Crippen LogP contribution is 2.28. The average molecular weight is 471 g/mol. The van der Waals surface area contributed by atoms with E-state index in [2.05, 4.69) is 0 Å². The van der Waals surface area contributed by atoms with Crippen molar-refractivity contribution < 1.29 is 21.0 Å². The summed E-state index contributed by atoms with van der Waals surface area (Å²) in [5.41, 5.74) is 1.19. The predicted molar refractivity (Wildman–Crippen MR) is 120 cm³/mol. The summed E-state index contributed by atoms with van der Waals surface area (Å²) in [6.45, 7) is 4.75. The van der Waals surface area contributed by atoms with Gasteiger partial charge < -0.3 is 4.18 Å². The van der Waals surface area contributed by atoms with Crippen LogP contribution in [-0.2, 0) is 24.3 Å². The van der Waals surface area contributed by atoms with Crippen molar-refractivity contribution in [3.8, 4) is 6.07 Å². The molecule has 0 aromatic heterocycles. The Bertz CT molecular complexity index is 1370. The van der Waals surface area contributed by atoms with Crippen molar-refractivity contribution >= 4 is 20.1 Å². The average Bonchev–Trinajstić information content (AvgIpc) is 2.74. The lowest BCUT2D eigenvalue weighted by atomic mass is 9.98. The van der Waals surface area contributed by atoms with Crippen molar-refractivity contribution in [2.24, 2.45) is 5.92 Å². The van der Waals surface area contributed by atoms with Crippen molar-refractivity contribution in [1.29, 1.82) is 5.26 Å². The minimum absolute atomic E-state index is 0.0156. The van der Waals surface area contributed by atoms with Crippen LogP contribution in [0.2, 0.25) is 0 Å². The molecule has 1 heterocycles. The highest BCUT2D eigenvalue weighted by atomic mass is 32.2. The topological polar surface area (TPSA) is 105 Å². The zero-order valence-electron chi connectivity index (χ0n) is 17.8. The third-order valence-corrected chi connectivity index (χ3v) is 8.24. The number of benzene rings is 2. The Morgan fingerprint density at radius 2 is 1.41 bits per heavy atom. The molecule has 0 aliphatic carbocycles.